The van der Waals surface area contributed by atoms with Crippen LogP contribution in [0.5, 0.6) is 0 Å². The third-order valence-corrected chi connectivity index (χ3v) is 6.33. The average Bonchev–Trinajstić information content (AvgIpc) is 2.72. The van der Waals surface area contributed by atoms with Crippen molar-refractivity contribution in [3.05, 3.63) is 65.7 Å². The Kier molecular flexibility index (Phi) is 6.23. The fourth-order valence-electron chi connectivity index (χ4n) is 3.01. The molecule has 0 aliphatic carbocycles. The van der Waals surface area contributed by atoms with Crippen LogP contribution in [-0.4, -0.2) is 57.7 Å². The van der Waals surface area contributed by atoms with E-state index in [2.05, 4.69) is 0 Å². The highest BCUT2D eigenvalue weighted by Gasteiger charge is 2.29. The molecule has 0 unspecified atom stereocenters. The standard InChI is InChI=1S/C20H24N2O5S/c1-27-19(23)17-9-7-16(8-10-17)15-22(18-5-3-2-4-6-18)20(24)21-11-13-28(25,26)14-12-21/h2-10,25-26H,11-15H2,1H3. The van der Waals surface area contributed by atoms with Crippen molar-refractivity contribution in [3.63, 3.8) is 0 Å². The second-order valence-electron chi connectivity index (χ2n) is 6.59. The Morgan fingerprint density at radius 3 is 2.21 bits per heavy atom. The number of amides is 2. The minimum atomic E-state index is -2.57. The lowest BCUT2D eigenvalue weighted by Gasteiger charge is -2.42. The molecule has 0 radical (unpaired) electrons. The van der Waals surface area contributed by atoms with Gasteiger partial charge in [0.05, 0.1) is 30.7 Å². The number of nitrogens with zero attached hydrogens (tertiary/aromatic N) is 2. The van der Waals surface area contributed by atoms with Crippen molar-refractivity contribution < 1.29 is 23.4 Å². The number of methoxy groups -OCH3 is 1. The third kappa shape index (κ3) is 4.83. The van der Waals surface area contributed by atoms with Gasteiger partial charge in [0.15, 0.2) is 0 Å². The van der Waals surface area contributed by atoms with Crippen LogP contribution in [-0.2, 0) is 11.3 Å². The van der Waals surface area contributed by atoms with Crippen LogP contribution in [0.25, 0.3) is 0 Å². The van der Waals surface area contributed by atoms with Gasteiger partial charge in [-0.15, -0.1) is 0 Å². The maximum Gasteiger partial charge on any atom is 0.337 e. The van der Waals surface area contributed by atoms with Crippen LogP contribution in [0.15, 0.2) is 54.6 Å². The summed E-state index contributed by atoms with van der Waals surface area (Å²) in [6.45, 7) is 0.953. The van der Waals surface area contributed by atoms with Gasteiger partial charge < -0.3 is 9.64 Å². The minimum Gasteiger partial charge on any atom is -0.465 e. The van der Waals surface area contributed by atoms with Crippen molar-refractivity contribution in [2.75, 3.05) is 36.6 Å². The molecule has 150 valence electrons. The fourth-order valence-corrected chi connectivity index (χ4v) is 4.24. The molecule has 8 heteroatoms. The Morgan fingerprint density at radius 1 is 1.04 bits per heavy atom. The first-order chi connectivity index (χ1) is 13.4. The number of hydrogen-bond acceptors (Lipinski definition) is 5. The van der Waals surface area contributed by atoms with Gasteiger partial charge in [0.2, 0.25) is 0 Å². The molecule has 0 spiro atoms. The molecule has 2 N–H and O–H groups in total. The van der Waals surface area contributed by atoms with E-state index in [4.69, 9.17) is 4.74 Å². The average molecular weight is 404 g/mol. The molecule has 7 nitrogen and oxygen atoms in total. The van der Waals surface area contributed by atoms with Gasteiger partial charge in [-0.1, -0.05) is 30.3 Å². The van der Waals surface area contributed by atoms with Gasteiger partial charge in [-0.2, -0.15) is 10.6 Å². The molecule has 0 aromatic heterocycles. The zero-order chi connectivity index (χ0) is 20.1. The largest absolute Gasteiger partial charge is 0.465 e. The summed E-state index contributed by atoms with van der Waals surface area (Å²) >= 11 is 0. The Balaban J connectivity index is 1.80. The SMILES string of the molecule is COC(=O)c1ccc(CN(C(=O)N2CCS(O)(O)CC2)c2ccccc2)cc1. The summed E-state index contributed by atoms with van der Waals surface area (Å²) in [5, 5.41) is 0. The summed E-state index contributed by atoms with van der Waals surface area (Å²) in [5.41, 5.74) is 2.07. The topological polar surface area (TPSA) is 90.3 Å². The van der Waals surface area contributed by atoms with Crippen molar-refractivity contribution in [1.29, 1.82) is 0 Å². The first-order valence-corrected chi connectivity index (χ1v) is 10.8. The number of anilines is 1. The zero-order valence-electron chi connectivity index (χ0n) is 15.7. The summed E-state index contributed by atoms with van der Waals surface area (Å²) in [6, 6.07) is 16.1. The van der Waals surface area contributed by atoms with Gasteiger partial charge in [0.1, 0.15) is 0 Å². The van der Waals surface area contributed by atoms with E-state index in [0.717, 1.165) is 11.3 Å². The number of esters is 1. The van der Waals surface area contributed by atoms with Crippen LogP contribution in [0.1, 0.15) is 15.9 Å². The highest BCUT2D eigenvalue weighted by atomic mass is 32.3. The minimum absolute atomic E-state index is 0.182. The normalized spacial score (nSPS) is 16.9. The molecule has 0 bridgehead atoms. The molecule has 1 heterocycles. The molecule has 3 rings (SSSR count). The summed E-state index contributed by atoms with van der Waals surface area (Å²) in [6.07, 6.45) is 0. The number of carbonyl (C=O) groups excluding carboxylic acids is 2. The number of para-hydroxylation sites is 1. The Labute approximate surface area is 165 Å². The Bertz CT molecular complexity index is 816. The molecule has 0 atom stereocenters. The fraction of sp³-hybridized carbons (Fsp3) is 0.300. The third-order valence-electron chi connectivity index (χ3n) is 4.66. The number of carbonyl (C=O) groups is 2. The second-order valence-corrected chi connectivity index (χ2v) is 9.01. The predicted molar refractivity (Wildman–Crippen MR) is 110 cm³/mol. The Hall–Kier alpha value is -2.55. The van der Waals surface area contributed by atoms with E-state index in [1.807, 2.05) is 30.3 Å². The summed E-state index contributed by atoms with van der Waals surface area (Å²) in [7, 11) is -1.24. The van der Waals surface area contributed by atoms with Gasteiger partial charge in [-0.25, -0.2) is 9.59 Å². The number of hydrogen-bond donors (Lipinski definition) is 2. The molecule has 1 saturated heterocycles. The molecule has 2 aromatic carbocycles. The van der Waals surface area contributed by atoms with E-state index < -0.39 is 16.6 Å². The molecule has 2 amide bonds. The molecule has 2 aromatic rings. The number of urea groups is 1. The molecular weight excluding hydrogens is 380 g/mol. The Morgan fingerprint density at radius 2 is 1.64 bits per heavy atom. The molecular formula is C20H24N2O5S. The summed E-state index contributed by atoms with van der Waals surface area (Å²) < 4.78 is 24.3. The lowest BCUT2D eigenvalue weighted by Crippen LogP contribution is -2.48. The van der Waals surface area contributed by atoms with E-state index in [1.165, 1.54) is 7.11 Å². The highest BCUT2D eigenvalue weighted by molar-refractivity contribution is 8.24. The first-order valence-electron chi connectivity index (χ1n) is 8.92. The van der Waals surface area contributed by atoms with E-state index >= 15 is 0 Å². The van der Waals surface area contributed by atoms with Crippen molar-refractivity contribution >= 4 is 28.3 Å². The second kappa shape index (κ2) is 8.64. The molecule has 1 aliphatic heterocycles. The maximum absolute atomic E-state index is 13.2. The monoisotopic (exact) mass is 404 g/mol. The van der Waals surface area contributed by atoms with Crippen molar-refractivity contribution in [2.24, 2.45) is 0 Å². The van der Waals surface area contributed by atoms with Crippen LogP contribution in [0.4, 0.5) is 10.5 Å². The van der Waals surface area contributed by atoms with E-state index in [1.54, 1.807) is 34.1 Å². The van der Waals surface area contributed by atoms with Crippen LogP contribution < -0.4 is 4.90 Å². The number of ether oxygens (including phenoxy) is 1. The maximum atomic E-state index is 13.2. The summed E-state index contributed by atoms with van der Waals surface area (Å²) in [4.78, 5) is 28.1. The quantitative estimate of drug-likeness (QED) is 0.759. The van der Waals surface area contributed by atoms with Crippen molar-refractivity contribution in [2.45, 2.75) is 6.54 Å². The molecule has 1 aliphatic rings. The van der Waals surface area contributed by atoms with Crippen LogP contribution in [0.3, 0.4) is 0 Å². The number of benzene rings is 2. The first kappa shape index (κ1) is 20.2. The van der Waals surface area contributed by atoms with E-state index in [0.29, 0.717) is 25.2 Å². The lowest BCUT2D eigenvalue weighted by atomic mass is 10.1. The van der Waals surface area contributed by atoms with E-state index in [-0.39, 0.29) is 17.5 Å². The summed E-state index contributed by atoms with van der Waals surface area (Å²) in [5.74, 6) is -0.000412. The molecule has 0 saturated carbocycles. The highest BCUT2D eigenvalue weighted by Crippen LogP contribution is 2.40. The molecule has 28 heavy (non-hydrogen) atoms. The smallest absolute Gasteiger partial charge is 0.337 e. The lowest BCUT2D eigenvalue weighted by molar-refractivity contribution is 0.0600. The van der Waals surface area contributed by atoms with Crippen LogP contribution >= 0.6 is 10.6 Å². The van der Waals surface area contributed by atoms with Gasteiger partial charge in [0.25, 0.3) is 0 Å². The van der Waals surface area contributed by atoms with Crippen molar-refractivity contribution in [3.8, 4) is 0 Å². The van der Waals surface area contributed by atoms with Gasteiger partial charge >= 0.3 is 12.0 Å². The van der Waals surface area contributed by atoms with Gasteiger partial charge in [0, 0.05) is 18.8 Å². The van der Waals surface area contributed by atoms with E-state index in [9.17, 15) is 18.7 Å². The number of rotatable bonds is 4. The van der Waals surface area contributed by atoms with Crippen molar-refractivity contribution in [1.82, 2.24) is 4.90 Å². The molecule has 1 fully saturated rings. The zero-order valence-corrected chi connectivity index (χ0v) is 16.5. The van der Waals surface area contributed by atoms with Gasteiger partial charge in [-0.3, -0.25) is 14.0 Å². The predicted octanol–water partition coefficient (Wildman–Crippen LogP) is 3.67. The van der Waals surface area contributed by atoms with Gasteiger partial charge in [-0.05, 0) is 29.8 Å². The van der Waals surface area contributed by atoms with Crippen LogP contribution in [0, 0.1) is 0 Å². The van der Waals surface area contributed by atoms with Crippen LogP contribution in [0.2, 0.25) is 0 Å².